The summed E-state index contributed by atoms with van der Waals surface area (Å²) in [4.78, 5) is 13.4. The number of hydrogen-bond donors (Lipinski definition) is 0. The molecule has 0 atom stereocenters. The van der Waals surface area contributed by atoms with Gasteiger partial charge in [0, 0.05) is 16.5 Å². The van der Waals surface area contributed by atoms with E-state index in [4.69, 9.17) is 0 Å². The van der Waals surface area contributed by atoms with Crippen molar-refractivity contribution in [1.82, 2.24) is 4.98 Å². The maximum Gasteiger partial charge on any atom is 0.266 e. The van der Waals surface area contributed by atoms with Crippen LogP contribution in [-0.2, 0) is 5.33 Å². The van der Waals surface area contributed by atoms with Crippen molar-refractivity contribution in [2.24, 2.45) is 0 Å². The van der Waals surface area contributed by atoms with Crippen LogP contribution in [0.5, 0.6) is 0 Å². The van der Waals surface area contributed by atoms with Crippen LogP contribution < -0.4 is 0 Å². The summed E-state index contributed by atoms with van der Waals surface area (Å²) >= 11 is 2.92. The van der Waals surface area contributed by atoms with Gasteiger partial charge in [0.05, 0.1) is 0 Å². The van der Waals surface area contributed by atoms with Crippen LogP contribution in [-0.4, -0.2) is 11.3 Å². The van der Waals surface area contributed by atoms with E-state index in [0.29, 0.717) is 0 Å². The largest absolute Gasteiger partial charge is 0.296 e. The van der Waals surface area contributed by atoms with Gasteiger partial charge >= 0.3 is 0 Å². The number of pyridine rings is 1. The predicted molar refractivity (Wildman–Crippen MR) is 47.2 cm³/mol. The van der Waals surface area contributed by atoms with E-state index in [1.54, 1.807) is 0 Å². The molecule has 1 heterocycles. The van der Waals surface area contributed by atoms with Gasteiger partial charge in [-0.25, -0.2) is 13.8 Å². The number of alkyl halides is 3. The molecule has 1 rings (SSSR count). The molecule has 0 unspecified atom stereocenters. The van der Waals surface area contributed by atoms with E-state index in [1.807, 2.05) is 0 Å². The van der Waals surface area contributed by atoms with E-state index in [0.717, 1.165) is 6.07 Å². The van der Waals surface area contributed by atoms with Crippen molar-refractivity contribution in [2.75, 3.05) is 0 Å². The zero-order valence-corrected chi connectivity index (χ0v) is 8.39. The van der Waals surface area contributed by atoms with E-state index in [-0.39, 0.29) is 17.2 Å². The van der Waals surface area contributed by atoms with Gasteiger partial charge in [0.2, 0.25) is 5.95 Å². The van der Waals surface area contributed by atoms with Crippen molar-refractivity contribution >= 4 is 22.2 Å². The first-order chi connectivity index (χ1) is 6.60. The summed E-state index contributed by atoms with van der Waals surface area (Å²) in [6.45, 7) is 0. The number of carbonyl (C=O) groups excluding carboxylic acids is 1. The Balaban J connectivity index is 3.32. The summed E-state index contributed by atoms with van der Waals surface area (Å²) in [6, 6.07) is 0.936. The molecule has 0 aliphatic heterocycles. The third-order valence-corrected chi connectivity index (χ3v) is 2.20. The number of nitrogens with zero attached hydrogens (tertiary/aromatic N) is 1. The van der Waals surface area contributed by atoms with Crippen LogP contribution in [0.15, 0.2) is 6.07 Å². The van der Waals surface area contributed by atoms with Gasteiger partial charge in [-0.3, -0.25) is 4.79 Å². The average molecular weight is 268 g/mol. The lowest BCUT2D eigenvalue weighted by molar-refractivity contribution is 0.110. The summed E-state index contributed by atoms with van der Waals surface area (Å²) in [6.07, 6.45) is -2.72. The normalized spacial score (nSPS) is 10.6. The number of carbonyl (C=O) groups is 1. The Hall–Kier alpha value is -0.910. The number of halogens is 4. The van der Waals surface area contributed by atoms with Gasteiger partial charge in [0.1, 0.15) is 5.69 Å². The Morgan fingerprint density at radius 3 is 2.64 bits per heavy atom. The lowest BCUT2D eigenvalue weighted by atomic mass is 10.1. The van der Waals surface area contributed by atoms with E-state index in [9.17, 15) is 18.0 Å². The molecule has 0 fully saturated rings. The Kier molecular flexibility index (Phi) is 3.62. The molecule has 0 bridgehead atoms. The summed E-state index contributed by atoms with van der Waals surface area (Å²) in [5.41, 5.74) is -1.09. The van der Waals surface area contributed by atoms with Crippen LogP contribution in [0.3, 0.4) is 0 Å². The van der Waals surface area contributed by atoms with Gasteiger partial charge in [-0.2, -0.15) is 4.39 Å². The Labute approximate surface area is 86.3 Å². The van der Waals surface area contributed by atoms with Gasteiger partial charge in [-0.05, 0) is 6.07 Å². The fourth-order valence-electron chi connectivity index (χ4n) is 0.926. The molecule has 0 spiro atoms. The number of aromatic nitrogens is 1. The minimum atomic E-state index is -2.83. The molecule has 0 aromatic carbocycles. The molecule has 1 aromatic rings. The van der Waals surface area contributed by atoms with Crippen molar-refractivity contribution in [3.63, 3.8) is 0 Å². The topological polar surface area (TPSA) is 30.0 Å². The minimum Gasteiger partial charge on any atom is -0.296 e. The summed E-state index contributed by atoms with van der Waals surface area (Å²) < 4.78 is 37.6. The highest BCUT2D eigenvalue weighted by molar-refractivity contribution is 9.08. The van der Waals surface area contributed by atoms with Crippen LogP contribution in [0.2, 0.25) is 0 Å². The van der Waals surface area contributed by atoms with Crippen LogP contribution in [0.1, 0.15) is 28.0 Å². The highest BCUT2D eigenvalue weighted by Gasteiger charge is 2.17. The molecule has 0 aliphatic rings. The molecular weight excluding hydrogens is 263 g/mol. The van der Waals surface area contributed by atoms with Gasteiger partial charge in [-0.1, -0.05) is 15.9 Å². The molecule has 0 amide bonds. The monoisotopic (exact) mass is 267 g/mol. The summed E-state index contributed by atoms with van der Waals surface area (Å²) in [7, 11) is 0. The van der Waals surface area contributed by atoms with Crippen LogP contribution in [0, 0.1) is 5.95 Å². The van der Waals surface area contributed by atoms with Crippen LogP contribution in [0.25, 0.3) is 0 Å². The van der Waals surface area contributed by atoms with Crippen molar-refractivity contribution < 1.29 is 18.0 Å². The molecule has 0 N–H and O–H groups in total. The van der Waals surface area contributed by atoms with Crippen LogP contribution in [0.4, 0.5) is 13.2 Å². The molecule has 76 valence electrons. The first kappa shape index (κ1) is 11.2. The second kappa shape index (κ2) is 4.54. The molecule has 14 heavy (non-hydrogen) atoms. The molecule has 0 saturated heterocycles. The zero-order chi connectivity index (χ0) is 10.7. The molecule has 2 nitrogen and oxygen atoms in total. The van der Waals surface area contributed by atoms with Crippen molar-refractivity contribution in [2.45, 2.75) is 11.8 Å². The number of hydrogen-bond acceptors (Lipinski definition) is 2. The molecule has 1 aromatic heterocycles. The molecule has 6 heteroatoms. The molecule has 0 aliphatic carbocycles. The van der Waals surface area contributed by atoms with Gasteiger partial charge < -0.3 is 0 Å². The Bertz CT molecular complexity index is 357. The second-order valence-corrected chi connectivity index (χ2v) is 3.03. The first-order valence-corrected chi connectivity index (χ1v) is 4.71. The minimum absolute atomic E-state index is 0.00546. The third-order valence-electron chi connectivity index (χ3n) is 1.60. The Morgan fingerprint density at radius 2 is 2.21 bits per heavy atom. The number of aldehydes is 1. The average Bonchev–Trinajstić information content (AvgIpc) is 2.16. The first-order valence-electron chi connectivity index (χ1n) is 3.58. The standard InChI is InChI=1S/C8H5BrF3NO/c9-2-4-1-5(7(10)11)6(3-14)13-8(4)12/h1,3,7H,2H2. The van der Waals surface area contributed by atoms with Crippen molar-refractivity contribution in [1.29, 1.82) is 0 Å². The number of rotatable bonds is 3. The van der Waals surface area contributed by atoms with E-state index < -0.39 is 23.6 Å². The van der Waals surface area contributed by atoms with E-state index >= 15 is 0 Å². The fourth-order valence-corrected chi connectivity index (χ4v) is 1.32. The quantitative estimate of drug-likeness (QED) is 0.479. The highest BCUT2D eigenvalue weighted by atomic mass is 79.9. The maximum absolute atomic E-state index is 12.9. The van der Waals surface area contributed by atoms with Gasteiger partial charge in [0.25, 0.3) is 6.43 Å². The highest BCUT2D eigenvalue weighted by Crippen LogP contribution is 2.23. The molecular formula is C8H5BrF3NO. The summed E-state index contributed by atoms with van der Waals surface area (Å²) in [5.74, 6) is -0.909. The molecule has 0 radical (unpaired) electrons. The summed E-state index contributed by atoms with van der Waals surface area (Å²) in [5, 5.41) is 0.0741. The Morgan fingerprint density at radius 1 is 1.57 bits per heavy atom. The predicted octanol–water partition coefficient (Wildman–Crippen LogP) is 2.87. The second-order valence-electron chi connectivity index (χ2n) is 2.46. The van der Waals surface area contributed by atoms with Crippen molar-refractivity contribution in [3.8, 4) is 0 Å². The smallest absolute Gasteiger partial charge is 0.266 e. The molecule has 0 saturated carbocycles. The maximum atomic E-state index is 12.9. The lowest BCUT2D eigenvalue weighted by Crippen LogP contribution is -2.03. The van der Waals surface area contributed by atoms with Crippen molar-refractivity contribution in [3.05, 3.63) is 28.8 Å². The van der Waals surface area contributed by atoms with E-state index in [2.05, 4.69) is 20.9 Å². The zero-order valence-electron chi connectivity index (χ0n) is 6.81. The van der Waals surface area contributed by atoms with Gasteiger partial charge in [0.15, 0.2) is 6.29 Å². The third kappa shape index (κ3) is 2.12. The lowest BCUT2D eigenvalue weighted by Gasteiger charge is -2.05. The van der Waals surface area contributed by atoms with E-state index in [1.165, 1.54) is 0 Å². The van der Waals surface area contributed by atoms with Crippen LogP contribution >= 0.6 is 15.9 Å². The van der Waals surface area contributed by atoms with Gasteiger partial charge in [-0.15, -0.1) is 0 Å². The SMILES string of the molecule is O=Cc1nc(F)c(CBr)cc1C(F)F. The fraction of sp³-hybridized carbons (Fsp3) is 0.250.